The molecule has 5 aromatic heterocycles. The van der Waals surface area contributed by atoms with Crippen LogP contribution >= 0.6 is 0 Å². The Morgan fingerprint density at radius 1 is 1.03 bits per heavy atom. The number of aromatic nitrogens is 7. The fraction of sp³-hybridized carbons (Fsp3) is 0.207. The van der Waals surface area contributed by atoms with Gasteiger partial charge in [0.2, 0.25) is 5.91 Å². The highest BCUT2D eigenvalue weighted by atomic mass is 16.1. The zero-order valence-electron chi connectivity index (χ0n) is 21.7. The van der Waals surface area contributed by atoms with E-state index in [0.29, 0.717) is 17.8 Å². The first-order valence-electron chi connectivity index (χ1n) is 12.5. The maximum Gasteiger partial charge on any atom is 0.224 e. The molecular weight excluding hydrogens is 476 g/mol. The molecule has 0 atom stereocenters. The van der Waals surface area contributed by atoms with Crippen molar-refractivity contribution in [3.8, 4) is 28.2 Å². The highest BCUT2D eigenvalue weighted by Gasteiger charge is 2.17. The molecule has 5 heterocycles. The van der Waals surface area contributed by atoms with Gasteiger partial charge in [-0.3, -0.25) is 14.9 Å². The lowest BCUT2D eigenvalue weighted by Gasteiger charge is -2.17. The summed E-state index contributed by atoms with van der Waals surface area (Å²) in [5, 5.41) is 12.5. The van der Waals surface area contributed by atoms with Crippen LogP contribution in [0, 0.1) is 12.3 Å². The predicted octanol–water partition coefficient (Wildman–Crippen LogP) is 6.04. The number of aryl methyl sites for hydroxylation is 1. The minimum absolute atomic E-state index is 0.0359. The van der Waals surface area contributed by atoms with Crippen molar-refractivity contribution in [2.45, 2.75) is 34.1 Å². The van der Waals surface area contributed by atoms with E-state index in [1.807, 2.05) is 63.0 Å². The van der Waals surface area contributed by atoms with Gasteiger partial charge in [0.05, 0.1) is 41.0 Å². The number of rotatable bonds is 5. The van der Waals surface area contributed by atoms with E-state index >= 15 is 0 Å². The number of H-pyrrole nitrogens is 2. The predicted molar refractivity (Wildman–Crippen MR) is 149 cm³/mol. The van der Waals surface area contributed by atoms with Crippen molar-refractivity contribution in [2.75, 3.05) is 5.32 Å². The van der Waals surface area contributed by atoms with Gasteiger partial charge in [0.25, 0.3) is 0 Å². The number of hydrogen-bond acceptors (Lipinski definition) is 5. The summed E-state index contributed by atoms with van der Waals surface area (Å²) in [5.41, 5.74) is 7.69. The Bertz CT molecular complexity index is 1800. The van der Waals surface area contributed by atoms with Crippen LogP contribution in [0.25, 0.3) is 50.1 Å². The van der Waals surface area contributed by atoms with E-state index in [1.165, 1.54) is 0 Å². The Hall–Kier alpha value is -4.79. The van der Waals surface area contributed by atoms with Crippen molar-refractivity contribution >= 4 is 33.5 Å². The van der Waals surface area contributed by atoms with Gasteiger partial charge < -0.3 is 14.9 Å². The molecule has 0 spiro atoms. The summed E-state index contributed by atoms with van der Waals surface area (Å²) in [6, 6.07) is 12.2. The summed E-state index contributed by atoms with van der Waals surface area (Å²) in [7, 11) is 0. The van der Waals surface area contributed by atoms with E-state index < -0.39 is 0 Å². The molecule has 1 aromatic carbocycles. The first-order valence-corrected chi connectivity index (χ1v) is 12.5. The van der Waals surface area contributed by atoms with Crippen molar-refractivity contribution in [1.29, 1.82) is 0 Å². The Morgan fingerprint density at radius 3 is 2.66 bits per heavy atom. The Morgan fingerprint density at radius 2 is 1.87 bits per heavy atom. The largest absolute Gasteiger partial charge is 0.353 e. The zero-order chi connectivity index (χ0) is 26.4. The molecule has 6 rings (SSSR count). The van der Waals surface area contributed by atoms with Gasteiger partial charge in [0.1, 0.15) is 0 Å². The van der Waals surface area contributed by atoms with Gasteiger partial charge in [0.15, 0.2) is 5.65 Å². The smallest absolute Gasteiger partial charge is 0.224 e. The van der Waals surface area contributed by atoms with Crippen LogP contribution < -0.4 is 5.32 Å². The Kier molecular flexibility index (Phi) is 5.56. The van der Waals surface area contributed by atoms with Crippen molar-refractivity contribution in [3.63, 3.8) is 0 Å². The fourth-order valence-corrected chi connectivity index (χ4v) is 4.67. The molecule has 0 saturated carbocycles. The minimum Gasteiger partial charge on any atom is -0.353 e. The molecule has 190 valence electrons. The molecule has 0 unspecified atom stereocenters. The molecule has 0 saturated heterocycles. The standard InChI is InChI=1S/C29H28N8O/c1-17-15-37(16-32-17)25-7-5-6-23-21(25)10-24(34-23)27-22-9-19(13-31-28(22)36-35-27)18-8-20(14-30-12-18)33-26(38)11-29(2,3)4/h5-10,12-16,34H,11H2,1-4H3,(H,33,38)(H,31,35,36). The molecule has 0 aliphatic heterocycles. The molecule has 0 aliphatic carbocycles. The second-order valence-corrected chi connectivity index (χ2v) is 10.8. The van der Waals surface area contributed by atoms with Crippen LogP contribution in [0.1, 0.15) is 32.9 Å². The van der Waals surface area contributed by atoms with Crippen LogP contribution in [0.3, 0.4) is 0 Å². The van der Waals surface area contributed by atoms with Gasteiger partial charge in [-0.2, -0.15) is 5.10 Å². The normalized spacial score (nSPS) is 11.9. The number of imidazole rings is 1. The number of anilines is 1. The van der Waals surface area contributed by atoms with Crippen LogP contribution in [0.15, 0.2) is 67.5 Å². The highest BCUT2D eigenvalue weighted by Crippen LogP contribution is 2.33. The van der Waals surface area contributed by atoms with Crippen LogP contribution in [0.4, 0.5) is 5.69 Å². The number of aromatic amines is 2. The maximum absolute atomic E-state index is 12.4. The average Bonchev–Trinajstić information content (AvgIpc) is 3.60. The summed E-state index contributed by atoms with van der Waals surface area (Å²) in [6.45, 7) is 8.09. The van der Waals surface area contributed by atoms with E-state index in [1.54, 1.807) is 18.6 Å². The van der Waals surface area contributed by atoms with Gasteiger partial charge in [0, 0.05) is 52.4 Å². The van der Waals surface area contributed by atoms with Crippen LogP contribution in [-0.4, -0.2) is 40.6 Å². The third-order valence-corrected chi connectivity index (χ3v) is 6.36. The van der Waals surface area contributed by atoms with E-state index in [9.17, 15) is 4.79 Å². The molecule has 9 nitrogen and oxygen atoms in total. The highest BCUT2D eigenvalue weighted by molar-refractivity contribution is 5.98. The number of hydrogen-bond donors (Lipinski definition) is 3. The number of fused-ring (bicyclic) bond motifs is 2. The van der Waals surface area contributed by atoms with E-state index in [4.69, 9.17) is 0 Å². The topological polar surface area (TPSA) is 117 Å². The molecule has 9 heteroatoms. The number of carbonyl (C=O) groups is 1. The summed E-state index contributed by atoms with van der Waals surface area (Å²) in [6.07, 6.45) is 9.46. The molecule has 0 fully saturated rings. The molecule has 1 amide bonds. The number of pyridine rings is 2. The van der Waals surface area contributed by atoms with E-state index in [2.05, 4.69) is 53.6 Å². The lowest BCUT2D eigenvalue weighted by molar-refractivity contribution is -0.117. The van der Waals surface area contributed by atoms with Gasteiger partial charge >= 0.3 is 0 Å². The van der Waals surface area contributed by atoms with Gasteiger partial charge in [-0.1, -0.05) is 26.8 Å². The molecular formula is C29H28N8O. The molecule has 6 aromatic rings. The summed E-state index contributed by atoms with van der Waals surface area (Å²) in [4.78, 5) is 29.3. The molecule has 3 N–H and O–H groups in total. The van der Waals surface area contributed by atoms with Crippen LogP contribution in [0.5, 0.6) is 0 Å². The van der Waals surface area contributed by atoms with Crippen molar-refractivity contribution in [2.24, 2.45) is 5.41 Å². The summed E-state index contributed by atoms with van der Waals surface area (Å²) < 4.78 is 2.03. The maximum atomic E-state index is 12.4. The molecule has 0 radical (unpaired) electrons. The fourth-order valence-electron chi connectivity index (χ4n) is 4.67. The molecule has 0 aliphatic rings. The third kappa shape index (κ3) is 4.54. The monoisotopic (exact) mass is 504 g/mol. The second-order valence-electron chi connectivity index (χ2n) is 10.8. The Labute approximate surface area is 219 Å². The average molecular weight is 505 g/mol. The number of amides is 1. The van der Waals surface area contributed by atoms with E-state index in [-0.39, 0.29) is 11.3 Å². The van der Waals surface area contributed by atoms with Gasteiger partial charge in [-0.15, -0.1) is 0 Å². The summed E-state index contributed by atoms with van der Waals surface area (Å²) >= 11 is 0. The minimum atomic E-state index is -0.0944. The summed E-state index contributed by atoms with van der Waals surface area (Å²) in [5.74, 6) is -0.0359. The second kappa shape index (κ2) is 8.95. The number of nitrogens with one attached hydrogen (secondary N) is 3. The molecule has 38 heavy (non-hydrogen) atoms. The van der Waals surface area contributed by atoms with Crippen LogP contribution in [-0.2, 0) is 4.79 Å². The van der Waals surface area contributed by atoms with Gasteiger partial charge in [-0.25, -0.2) is 9.97 Å². The van der Waals surface area contributed by atoms with Gasteiger partial charge in [-0.05, 0) is 42.7 Å². The first-order chi connectivity index (χ1) is 18.2. The number of nitrogens with zero attached hydrogens (tertiary/aromatic N) is 5. The van der Waals surface area contributed by atoms with Crippen LogP contribution in [0.2, 0.25) is 0 Å². The molecule has 0 bridgehead atoms. The van der Waals surface area contributed by atoms with Crippen molar-refractivity contribution in [1.82, 2.24) is 34.7 Å². The Balaban J connectivity index is 1.36. The first kappa shape index (κ1) is 23.6. The lowest BCUT2D eigenvalue weighted by atomic mass is 9.92. The number of benzene rings is 1. The quantitative estimate of drug-likeness (QED) is 0.265. The van der Waals surface area contributed by atoms with Crippen molar-refractivity contribution < 1.29 is 4.79 Å². The third-order valence-electron chi connectivity index (χ3n) is 6.36. The lowest BCUT2D eigenvalue weighted by Crippen LogP contribution is -2.19. The van der Waals surface area contributed by atoms with Crippen molar-refractivity contribution in [3.05, 3.63) is 73.2 Å². The SMILES string of the molecule is Cc1cn(-c2cccc3[nH]c(-c4[nH]nc5ncc(-c6cncc(NC(=O)CC(C)(C)C)c6)cc45)cc23)cn1. The van der Waals surface area contributed by atoms with E-state index in [0.717, 1.165) is 50.2 Å². The number of carbonyl (C=O) groups excluding carboxylic acids is 1. The zero-order valence-corrected chi connectivity index (χ0v) is 21.7.